The summed E-state index contributed by atoms with van der Waals surface area (Å²) in [6.45, 7) is 0. The molecule has 0 bridgehead atoms. The Morgan fingerprint density at radius 1 is 0.421 bits per heavy atom. The van der Waals surface area contributed by atoms with E-state index < -0.39 is 11.1 Å². The first kappa shape index (κ1) is 21.6. The van der Waals surface area contributed by atoms with Crippen LogP contribution < -0.4 is 5.73 Å². The molecule has 0 atom stereocenters. The number of aliphatic hydroxyl groups is 1. The quantitative estimate of drug-likeness (QED) is 0.268. The summed E-state index contributed by atoms with van der Waals surface area (Å²) in [5, 5.41) is 14.5. The van der Waals surface area contributed by atoms with Gasteiger partial charge in [-0.2, -0.15) is 0 Å². The lowest BCUT2D eigenvalue weighted by atomic mass is 9.80. The fourth-order valence-corrected chi connectivity index (χ4v) is 6.82. The van der Waals surface area contributed by atoms with Crippen LogP contribution in [-0.4, -0.2) is 5.11 Å². The number of benzene rings is 6. The van der Waals surface area contributed by atoms with Gasteiger partial charge in [0.05, 0.1) is 5.54 Å². The lowest BCUT2D eigenvalue weighted by Gasteiger charge is -2.29. The smallest absolute Gasteiger partial charge is 0.141 e. The van der Waals surface area contributed by atoms with E-state index in [0.717, 1.165) is 55.3 Å². The monoisotopic (exact) mass is 487 g/mol. The fourth-order valence-electron chi connectivity index (χ4n) is 6.82. The summed E-state index contributed by atoms with van der Waals surface area (Å²) in [4.78, 5) is 0. The van der Waals surface area contributed by atoms with E-state index in [4.69, 9.17) is 5.73 Å². The third-order valence-corrected chi connectivity index (χ3v) is 8.63. The Bertz CT molecular complexity index is 1690. The molecular weight excluding hydrogens is 462 g/mol. The van der Waals surface area contributed by atoms with Gasteiger partial charge in [0.1, 0.15) is 5.60 Å². The Kier molecular flexibility index (Phi) is 4.27. The van der Waals surface area contributed by atoms with Crippen molar-refractivity contribution in [1.82, 2.24) is 0 Å². The molecule has 6 aromatic carbocycles. The molecule has 0 radical (unpaired) electrons. The summed E-state index contributed by atoms with van der Waals surface area (Å²) in [6, 6.07) is 46.0. The summed E-state index contributed by atoms with van der Waals surface area (Å²) in [7, 11) is 0. The molecule has 8 rings (SSSR count). The maximum absolute atomic E-state index is 12.3. The van der Waals surface area contributed by atoms with Crippen molar-refractivity contribution in [3.8, 4) is 22.3 Å². The molecule has 38 heavy (non-hydrogen) atoms. The summed E-state index contributed by atoms with van der Waals surface area (Å²) < 4.78 is 0. The minimum atomic E-state index is -1.20. The van der Waals surface area contributed by atoms with Crippen molar-refractivity contribution in [1.29, 1.82) is 0 Å². The highest BCUT2D eigenvalue weighted by atomic mass is 16.3. The summed E-state index contributed by atoms with van der Waals surface area (Å²) >= 11 is 0. The van der Waals surface area contributed by atoms with Crippen LogP contribution in [0.2, 0.25) is 0 Å². The Balaban J connectivity index is 1.30. The zero-order valence-corrected chi connectivity index (χ0v) is 20.7. The van der Waals surface area contributed by atoms with Gasteiger partial charge in [0.2, 0.25) is 0 Å². The van der Waals surface area contributed by atoms with Crippen LogP contribution in [-0.2, 0) is 11.1 Å². The van der Waals surface area contributed by atoms with Gasteiger partial charge in [0.15, 0.2) is 0 Å². The summed E-state index contributed by atoms with van der Waals surface area (Å²) in [6.07, 6.45) is 0. The van der Waals surface area contributed by atoms with Crippen LogP contribution in [0.4, 0.5) is 0 Å². The molecule has 0 unspecified atom stereocenters. The van der Waals surface area contributed by atoms with Gasteiger partial charge in [-0.25, -0.2) is 0 Å². The van der Waals surface area contributed by atoms with Crippen LogP contribution in [0, 0.1) is 0 Å². The number of rotatable bonds is 2. The second kappa shape index (κ2) is 7.52. The molecule has 0 saturated heterocycles. The Hall–Kier alpha value is -4.50. The van der Waals surface area contributed by atoms with E-state index >= 15 is 0 Å². The number of hydrogen-bond donors (Lipinski definition) is 2. The molecule has 0 amide bonds. The molecule has 3 N–H and O–H groups in total. The first-order valence-electron chi connectivity index (χ1n) is 13.0. The first-order valence-corrected chi connectivity index (χ1v) is 13.0. The van der Waals surface area contributed by atoms with Crippen molar-refractivity contribution in [3.63, 3.8) is 0 Å². The van der Waals surface area contributed by atoms with E-state index in [-0.39, 0.29) is 0 Å². The molecule has 0 spiro atoms. The molecule has 0 saturated carbocycles. The lowest BCUT2D eigenvalue weighted by Crippen LogP contribution is -2.37. The van der Waals surface area contributed by atoms with Gasteiger partial charge in [0.25, 0.3) is 0 Å². The highest BCUT2D eigenvalue weighted by molar-refractivity contribution is 5.89. The molecule has 2 aliphatic carbocycles. The van der Waals surface area contributed by atoms with E-state index in [0.29, 0.717) is 0 Å². The van der Waals surface area contributed by atoms with Crippen LogP contribution >= 0.6 is 0 Å². The van der Waals surface area contributed by atoms with Crippen molar-refractivity contribution >= 4 is 10.8 Å². The van der Waals surface area contributed by atoms with Crippen molar-refractivity contribution in [2.45, 2.75) is 11.1 Å². The number of fused-ring (bicyclic) bond motifs is 7. The number of hydrogen-bond acceptors (Lipinski definition) is 2. The molecule has 0 heterocycles. The van der Waals surface area contributed by atoms with Crippen molar-refractivity contribution in [2.75, 3.05) is 0 Å². The molecule has 6 aromatic rings. The van der Waals surface area contributed by atoms with Crippen molar-refractivity contribution in [2.24, 2.45) is 5.73 Å². The van der Waals surface area contributed by atoms with Crippen molar-refractivity contribution in [3.05, 3.63) is 167 Å². The molecule has 2 heteroatoms. The average molecular weight is 488 g/mol. The highest BCUT2D eigenvalue weighted by Crippen LogP contribution is 2.52. The van der Waals surface area contributed by atoms with E-state index in [1.807, 2.05) is 36.4 Å². The average Bonchev–Trinajstić information content (AvgIpc) is 3.41. The molecule has 0 aromatic heterocycles. The highest BCUT2D eigenvalue weighted by Gasteiger charge is 2.43. The maximum atomic E-state index is 12.3. The van der Waals surface area contributed by atoms with Crippen molar-refractivity contribution < 1.29 is 5.11 Å². The third-order valence-electron chi connectivity index (χ3n) is 8.63. The molecule has 0 fully saturated rings. The minimum absolute atomic E-state index is 0.721. The van der Waals surface area contributed by atoms with E-state index in [2.05, 4.69) is 97.1 Å². The van der Waals surface area contributed by atoms with Gasteiger partial charge >= 0.3 is 0 Å². The molecule has 0 aliphatic heterocycles. The molecular formula is C36H25NO. The van der Waals surface area contributed by atoms with Crippen LogP contribution in [0.1, 0.15) is 33.4 Å². The fraction of sp³-hybridized carbons (Fsp3) is 0.0556. The Morgan fingerprint density at radius 2 is 0.789 bits per heavy atom. The molecule has 2 nitrogen and oxygen atoms in total. The zero-order valence-electron chi connectivity index (χ0n) is 20.7. The molecule has 2 aliphatic rings. The topological polar surface area (TPSA) is 46.2 Å². The second-order valence-corrected chi connectivity index (χ2v) is 10.5. The summed E-state index contributed by atoms with van der Waals surface area (Å²) in [5.74, 6) is 0. The second-order valence-electron chi connectivity index (χ2n) is 10.5. The SMILES string of the molecule is NC1(c2ccc3cc(C4(O)c5ccccc5-c5ccccc54)ccc3c2)c2ccccc2-c2ccccc21. The van der Waals surface area contributed by atoms with E-state index in [9.17, 15) is 5.11 Å². The van der Waals surface area contributed by atoms with Gasteiger partial charge in [-0.1, -0.05) is 121 Å². The van der Waals surface area contributed by atoms with Crippen LogP contribution in [0.25, 0.3) is 33.0 Å². The Labute approximate surface area is 221 Å². The molecule has 180 valence electrons. The Morgan fingerprint density at radius 3 is 1.29 bits per heavy atom. The summed E-state index contributed by atoms with van der Waals surface area (Å²) in [5.41, 5.74) is 16.0. The standard InChI is InChI=1S/C36H25NO/c37-35(31-13-5-1-9-27(31)28-10-2-6-14-32(28)35)25-19-17-24-22-26(20-18-23(24)21-25)36(38)33-15-7-3-11-29(33)30-12-4-8-16-34(30)36/h1-22,38H,37H2. The maximum Gasteiger partial charge on any atom is 0.141 e. The van der Waals surface area contributed by atoms with E-state index in [1.165, 1.54) is 11.1 Å². The van der Waals surface area contributed by atoms with Gasteiger partial charge in [-0.3, -0.25) is 0 Å². The predicted octanol–water partition coefficient (Wildman–Crippen LogP) is 7.34. The predicted molar refractivity (Wildman–Crippen MR) is 154 cm³/mol. The van der Waals surface area contributed by atoms with Crippen LogP contribution in [0.15, 0.2) is 133 Å². The lowest BCUT2D eigenvalue weighted by molar-refractivity contribution is 0.131. The zero-order chi connectivity index (χ0) is 25.5. The van der Waals surface area contributed by atoms with Gasteiger partial charge in [-0.05, 0) is 67.4 Å². The normalized spacial score (nSPS) is 15.5. The number of nitrogens with two attached hydrogens (primary N) is 1. The largest absolute Gasteiger partial charge is 0.376 e. The van der Waals surface area contributed by atoms with Crippen LogP contribution in [0.3, 0.4) is 0 Å². The van der Waals surface area contributed by atoms with Gasteiger partial charge < -0.3 is 10.8 Å². The van der Waals surface area contributed by atoms with Crippen LogP contribution in [0.5, 0.6) is 0 Å². The minimum Gasteiger partial charge on any atom is -0.376 e. The third kappa shape index (κ3) is 2.63. The van der Waals surface area contributed by atoms with Gasteiger partial charge in [0, 0.05) is 11.1 Å². The first-order chi connectivity index (χ1) is 18.6. The van der Waals surface area contributed by atoms with Gasteiger partial charge in [-0.15, -0.1) is 0 Å². The van der Waals surface area contributed by atoms with E-state index in [1.54, 1.807) is 0 Å².